The predicted molar refractivity (Wildman–Crippen MR) is 235 cm³/mol. The van der Waals surface area contributed by atoms with E-state index in [1.165, 1.54) is 38.5 Å². The van der Waals surface area contributed by atoms with Gasteiger partial charge in [-0.25, -0.2) is 9.80 Å². The van der Waals surface area contributed by atoms with Crippen molar-refractivity contribution in [2.45, 2.75) is 135 Å². The van der Waals surface area contributed by atoms with Gasteiger partial charge in [0.25, 0.3) is 0 Å². The van der Waals surface area contributed by atoms with E-state index in [4.69, 9.17) is 33.2 Å². The minimum absolute atomic E-state index is 0.0324. The van der Waals surface area contributed by atoms with Crippen LogP contribution in [0.15, 0.2) is 0 Å². The molecule has 0 bridgehead atoms. The number of nitrogens with one attached hydrogen (secondary N) is 8. The van der Waals surface area contributed by atoms with Gasteiger partial charge in [-0.05, 0) is 80.5 Å². The summed E-state index contributed by atoms with van der Waals surface area (Å²) >= 11 is 0. The van der Waals surface area contributed by atoms with Crippen molar-refractivity contribution in [2.75, 3.05) is 95.1 Å². The van der Waals surface area contributed by atoms with E-state index in [-0.39, 0.29) is 68.6 Å². The van der Waals surface area contributed by atoms with Gasteiger partial charge >= 0.3 is 0 Å². The Hall–Kier alpha value is -1.21. The van der Waals surface area contributed by atoms with Gasteiger partial charge in [0, 0.05) is 40.9 Å². The van der Waals surface area contributed by atoms with Crippen LogP contribution in [-0.2, 0) is 38.0 Å². The molecule has 0 aromatic heterocycles. The number of aliphatic hydroxyl groups is 1. The highest BCUT2D eigenvalue weighted by Gasteiger charge is 2.45. The molecule has 2 aliphatic heterocycles. The van der Waals surface area contributed by atoms with Crippen LogP contribution in [0.1, 0.15) is 85.5 Å². The molecular weight excluding hydrogens is 801 g/mol. The smallest absolute Gasteiger partial charge is 0.246 e. The lowest BCUT2D eigenvalue weighted by atomic mass is 9.71. The number of aliphatic hydroxyl groups excluding tert-OH is 1. The summed E-state index contributed by atoms with van der Waals surface area (Å²) in [4.78, 5) is 16.6. The second-order valence-electron chi connectivity index (χ2n) is 18.8. The molecule has 1 amide bonds. The summed E-state index contributed by atoms with van der Waals surface area (Å²) in [7, 11) is 6.53. The van der Waals surface area contributed by atoms with Gasteiger partial charge in [-0.15, -0.1) is 0 Å². The molecule has 9 N–H and O–H groups in total. The zero-order valence-electron chi connectivity index (χ0n) is 39.2. The standard InChI is InChI=1S/C43H86N10O9/c1-28-9-12-33(30(3)19-28)38-46-39(34-13-10-29(2)20-31(34)4)48-40(47-38)35-14-11-32(21-36(35)54)62-22-37(55)44-15-16-60-17-18-61-27-53(26-59-8)43-50-41(45-23-56-5)49-42(51-43)52(24-57-6)25-58-7/h28-36,38-43,45-51,54H,9-27H2,1-8H3,(H,44,55). The molecule has 3 saturated carbocycles. The van der Waals surface area contributed by atoms with E-state index in [1.807, 2.05) is 9.80 Å². The van der Waals surface area contributed by atoms with Crippen LogP contribution in [0.25, 0.3) is 0 Å². The first-order valence-electron chi connectivity index (χ1n) is 23.5. The summed E-state index contributed by atoms with van der Waals surface area (Å²) in [5.74, 6) is 3.93. The predicted octanol–water partition coefficient (Wildman–Crippen LogP) is 0.787. The maximum absolute atomic E-state index is 12.7. The molecule has 14 atom stereocenters. The average Bonchev–Trinajstić information content (AvgIpc) is 3.25. The van der Waals surface area contributed by atoms with Crippen LogP contribution in [0.4, 0.5) is 0 Å². The second-order valence-corrected chi connectivity index (χ2v) is 18.8. The molecule has 5 rings (SSSR count). The Morgan fingerprint density at radius 2 is 1.15 bits per heavy atom. The largest absolute Gasteiger partial charge is 0.393 e. The number of methoxy groups -OCH3 is 4. The van der Waals surface area contributed by atoms with Crippen molar-refractivity contribution in [3.8, 4) is 0 Å². The van der Waals surface area contributed by atoms with Crippen LogP contribution in [0.3, 0.4) is 0 Å². The minimum atomic E-state index is -0.517. The molecule has 62 heavy (non-hydrogen) atoms. The number of rotatable bonds is 25. The number of hydrogen-bond donors (Lipinski definition) is 9. The molecule has 5 aliphatic rings. The van der Waals surface area contributed by atoms with Crippen molar-refractivity contribution in [3.63, 3.8) is 0 Å². The Morgan fingerprint density at radius 1 is 0.613 bits per heavy atom. The van der Waals surface area contributed by atoms with Crippen molar-refractivity contribution < 1.29 is 43.1 Å². The van der Waals surface area contributed by atoms with Crippen LogP contribution in [0, 0.1) is 41.4 Å². The number of hydrogen-bond acceptors (Lipinski definition) is 18. The van der Waals surface area contributed by atoms with Crippen molar-refractivity contribution in [1.82, 2.24) is 52.3 Å². The third-order valence-corrected chi connectivity index (χ3v) is 13.8. The van der Waals surface area contributed by atoms with E-state index in [1.54, 1.807) is 28.4 Å². The Labute approximate surface area is 372 Å². The third-order valence-electron chi connectivity index (χ3n) is 13.8. The number of carbonyl (C=O) groups is 1. The van der Waals surface area contributed by atoms with Crippen molar-refractivity contribution >= 4 is 5.91 Å². The van der Waals surface area contributed by atoms with Gasteiger partial charge in [0.1, 0.15) is 52.4 Å². The quantitative estimate of drug-likeness (QED) is 0.0460. The molecule has 5 fully saturated rings. The Kier molecular flexibility index (Phi) is 22.9. The third kappa shape index (κ3) is 16.0. The maximum atomic E-state index is 12.7. The molecule has 19 nitrogen and oxygen atoms in total. The summed E-state index contributed by atoms with van der Waals surface area (Å²) in [6, 6.07) is 0. The summed E-state index contributed by atoms with van der Waals surface area (Å²) in [6.07, 6.45) is 8.64. The normalized spacial score (nSPS) is 37.2. The second kappa shape index (κ2) is 27.4. The monoisotopic (exact) mass is 887 g/mol. The highest BCUT2D eigenvalue weighted by atomic mass is 16.5. The van der Waals surface area contributed by atoms with E-state index < -0.39 is 6.10 Å². The van der Waals surface area contributed by atoms with Crippen molar-refractivity contribution in [1.29, 1.82) is 0 Å². The zero-order valence-corrected chi connectivity index (χ0v) is 39.2. The fourth-order valence-corrected chi connectivity index (χ4v) is 10.6. The summed E-state index contributed by atoms with van der Waals surface area (Å²) < 4.78 is 39.2. The average molecular weight is 887 g/mol. The topological polar surface area (TPSA) is 205 Å². The fourth-order valence-electron chi connectivity index (χ4n) is 10.6. The van der Waals surface area contributed by atoms with E-state index >= 15 is 0 Å². The molecule has 0 aromatic rings. The van der Waals surface area contributed by atoms with Gasteiger partial charge in [0.15, 0.2) is 0 Å². The van der Waals surface area contributed by atoms with E-state index in [0.717, 1.165) is 24.7 Å². The van der Waals surface area contributed by atoms with Gasteiger partial charge < -0.3 is 43.6 Å². The number of nitrogens with zero attached hydrogens (tertiary/aromatic N) is 2. The molecule has 0 radical (unpaired) electrons. The number of carbonyl (C=O) groups excluding carboxylic acids is 1. The summed E-state index contributed by atoms with van der Waals surface area (Å²) in [5.41, 5.74) is 0. The van der Waals surface area contributed by atoms with Crippen LogP contribution >= 0.6 is 0 Å². The van der Waals surface area contributed by atoms with Crippen LogP contribution < -0.4 is 42.5 Å². The van der Waals surface area contributed by atoms with Crippen LogP contribution in [0.5, 0.6) is 0 Å². The lowest BCUT2D eigenvalue weighted by Gasteiger charge is -2.52. The molecule has 14 unspecified atom stereocenters. The highest BCUT2D eigenvalue weighted by molar-refractivity contribution is 5.77. The molecular formula is C43H86N10O9. The first kappa shape index (κ1) is 51.8. The molecule has 19 heteroatoms. The summed E-state index contributed by atoms with van der Waals surface area (Å²) in [6.45, 7) is 12.6. The Balaban J connectivity index is 0.986. The Morgan fingerprint density at radius 3 is 1.68 bits per heavy atom. The Bertz CT molecular complexity index is 1210. The fraction of sp³-hybridized carbons (Fsp3) is 0.977. The first-order valence-corrected chi connectivity index (χ1v) is 23.5. The molecule has 3 aliphatic carbocycles. The van der Waals surface area contributed by atoms with Gasteiger partial charge in [-0.3, -0.25) is 42.0 Å². The lowest BCUT2D eigenvalue weighted by Crippen LogP contribution is -2.78. The van der Waals surface area contributed by atoms with Crippen LogP contribution in [0.2, 0.25) is 0 Å². The minimum Gasteiger partial charge on any atom is -0.393 e. The molecule has 2 heterocycles. The van der Waals surface area contributed by atoms with E-state index in [0.29, 0.717) is 83.4 Å². The van der Waals surface area contributed by atoms with Crippen molar-refractivity contribution in [2.24, 2.45) is 41.4 Å². The van der Waals surface area contributed by atoms with E-state index in [2.05, 4.69) is 70.2 Å². The molecule has 0 aromatic carbocycles. The summed E-state index contributed by atoms with van der Waals surface area (Å²) in [5, 5.41) is 40.1. The van der Waals surface area contributed by atoms with Gasteiger partial charge in [0.05, 0.1) is 57.3 Å². The first-order chi connectivity index (χ1) is 30.0. The van der Waals surface area contributed by atoms with Gasteiger partial charge in [-0.2, -0.15) is 0 Å². The van der Waals surface area contributed by atoms with E-state index in [9.17, 15) is 9.90 Å². The zero-order chi connectivity index (χ0) is 44.4. The molecule has 0 spiro atoms. The molecule has 2 saturated heterocycles. The maximum Gasteiger partial charge on any atom is 0.246 e. The van der Waals surface area contributed by atoms with Crippen LogP contribution in [-0.4, -0.2) is 165 Å². The van der Waals surface area contributed by atoms with Gasteiger partial charge in [-0.1, -0.05) is 40.5 Å². The molecule has 362 valence electrons. The van der Waals surface area contributed by atoms with Gasteiger partial charge in [0.2, 0.25) is 5.91 Å². The lowest BCUT2D eigenvalue weighted by molar-refractivity contribution is -0.131. The SMILES string of the molecule is COCNC1NC(N(COC)COC)NC(N(COC)COCCOCCNC(=O)COC2CCC(C3NC(C4CCC(C)CC4C)NC(C4CCC(C)CC4C)N3)C(O)C2)N1. The number of amides is 1. The number of ether oxygens (including phenoxy) is 7. The highest BCUT2D eigenvalue weighted by Crippen LogP contribution is 2.40. The van der Waals surface area contributed by atoms with Crippen molar-refractivity contribution in [3.05, 3.63) is 0 Å².